The Kier molecular flexibility index (Phi) is 5.07. The fraction of sp³-hybridized carbons (Fsp3) is 0.529. The van der Waals surface area contributed by atoms with E-state index in [2.05, 4.69) is 21.9 Å². The van der Waals surface area contributed by atoms with Crippen molar-refractivity contribution >= 4 is 5.91 Å². The molecule has 0 bridgehead atoms. The van der Waals surface area contributed by atoms with Gasteiger partial charge in [0.1, 0.15) is 0 Å². The number of aromatic nitrogens is 5. The molecular weight excluding hydrogens is 361 g/mol. The van der Waals surface area contributed by atoms with Crippen LogP contribution in [0.25, 0.3) is 0 Å². The first-order chi connectivity index (χ1) is 12.7. The van der Waals surface area contributed by atoms with Crippen molar-refractivity contribution in [1.29, 1.82) is 0 Å². The van der Waals surface area contributed by atoms with Crippen molar-refractivity contribution in [2.45, 2.75) is 52.5 Å². The van der Waals surface area contributed by atoms with Crippen LogP contribution in [0.4, 0.5) is 13.2 Å². The summed E-state index contributed by atoms with van der Waals surface area (Å²) in [4.78, 5) is 14.1. The number of hydrogen-bond donors (Lipinski definition) is 0. The third-order valence-electron chi connectivity index (χ3n) is 4.78. The summed E-state index contributed by atoms with van der Waals surface area (Å²) >= 11 is 0. The minimum atomic E-state index is -4.54. The summed E-state index contributed by atoms with van der Waals surface area (Å²) in [6.45, 7) is 8.44. The Morgan fingerprint density at radius 1 is 1.26 bits per heavy atom. The third kappa shape index (κ3) is 3.74. The number of carbonyl (C=O) groups excluding carboxylic acids is 1. The molecule has 2 aromatic rings. The topological polar surface area (TPSA) is 68.8 Å². The van der Waals surface area contributed by atoms with Crippen LogP contribution in [0, 0.1) is 13.8 Å². The van der Waals surface area contributed by atoms with Gasteiger partial charge in [0, 0.05) is 25.2 Å². The third-order valence-corrected chi connectivity index (χ3v) is 4.78. The van der Waals surface area contributed by atoms with Gasteiger partial charge in [0.25, 0.3) is 0 Å². The summed E-state index contributed by atoms with van der Waals surface area (Å²) in [5.41, 5.74) is 2.88. The lowest BCUT2D eigenvalue weighted by molar-refractivity contribution is -0.148. The van der Waals surface area contributed by atoms with E-state index in [1.54, 1.807) is 6.08 Å². The molecule has 3 heterocycles. The number of halogens is 3. The molecular formula is C17H21F3N6O. The molecule has 0 aliphatic carbocycles. The number of alkyl halides is 3. The van der Waals surface area contributed by atoms with Gasteiger partial charge in [-0.3, -0.25) is 9.48 Å². The Morgan fingerprint density at radius 3 is 2.67 bits per heavy atom. The van der Waals surface area contributed by atoms with Crippen LogP contribution in [-0.2, 0) is 37.0 Å². The summed E-state index contributed by atoms with van der Waals surface area (Å²) in [6.07, 6.45) is -1.99. The molecule has 0 radical (unpaired) electrons. The highest BCUT2D eigenvalue weighted by Crippen LogP contribution is 2.29. The Labute approximate surface area is 154 Å². The molecule has 27 heavy (non-hydrogen) atoms. The van der Waals surface area contributed by atoms with Crippen LogP contribution in [-0.4, -0.2) is 41.9 Å². The fourth-order valence-corrected chi connectivity index (χ4v) is 3.37. The molecule has 7 nitrogen and oxygen atoms in total. The van der Waals surface area contributed by atoms with Crippen molar-refractivity contribution in [3.63, 3.8) is 0 Å². The molecule has 0 atom stereocenters. The first-order valence-electron chi connectivity index (χ1n) is 8.63. The molecule has 0 spiro atoms. The van der Waals surface area contributed by atoms with Crippen LogP contribution in [0.1, 0.15) is 35.0 Å². The maximum atomic E-state index is 12.9. The van der Waals surface area contributed by atoms with E-state index in [0.29, 0.717) is 13.0 Å². The van der Waals surface area contributed by atoms with Crippen molar-refractivity contribution in [2.75, 3.05) is 6.54 Å². The van der Waals surface area contributed by atoms with E-state index in [1.165, 1.54) is 4.90 Å². The van der Waals surface area contributed by atoms with Crippen molar-refractivity contribution in [3.05, 3.63) is 41.3 Å². The number of carbonyl (C=O) groups is 1. The number of aryl methyl sites for hydroxylation is 1. The van der Waals surface area contributed by atoms with Crippen molar-refractivity contribution < 1.29 is 18.0 Å². The van der Waals surface area contributed by atoms with Crippen molar-refractivity contribution in [3.8, 4) is 0 Å². The first kappa shape index (κ1) is 19.1. The number of rotatable bonds is 5. The van der Waals surface area contributed by atoms with Crippen LogP contribution in [0.15, 0.2) is 12.7 Å². The molecule has 0 saturated heterocycles. The highest BCUT2D eigenvalue weighted by atomic mass is 19.4. The number of amides is 1. The molecule has 0 N–H and O–H groups in total. The molecule has 0 aromatic carbocycles. The van der Waals surface area contributed by atoms with Gasteiger partial charge in [-0.05, 0) is 25.8 Å². The van der Waals surface area contributed by atoms with Gasteiger partial charge in [0.2, 0.25) is 11.7 Å². The molecule has 10 heteroatoms. The summed E-state index contributed by atoms with van der Waals surface area (Å²) in [5.74, 6) is -0.966. The lowest BCUT2D eigenvalue weighted by Crippen LogP contribution is -2.39. The van der Waals surface area contributed by atoms with Gasteiger partial charge in [0.05, 0.1) is 18.8 Å². The number of allylic oxidation sites excluding steroid dienone is 1. The molecule has 0 saturated carbocycles. The average molecular weight is 382 g/mol. The van der Waals surface area contributed by atoms with Gasteiger partial charge in [-0.2, -0.15) is 18.3 Å². The van der Waals surface area contributed by atoms with E-state index in [9.17, 15) is 18.0 Å². The van der Waals surface area contributed by atoms with Gasteiger partial charge in [-0.15, -0.1) is 16.8 Å². The minimum Gasteiger partial charge on any atom is -0.333 e. The second-order valence-electron chi connectivity index (χ2n) is 6.52. The standard InChI is InChI=1S/C17H21F3N6O/c1-4-7-26-12(3)13(11(2)23-26)5-6-15(27)24-8-9-25-14(10-24)21-22-16(25)17(18,19)20/h4H,1,5-10H2,2-3H3. The maximum Gasteiger partial charge on any atom is 0.451 e. The number of fused-ring (bicyclic) bond motifs is 1. The summed E-state index contributed by atoms with van der Waals surface area (Å²) in [7, 11) is 0. The van der Waals surface area contributed by atoms with E-state index in [-0.39, 0.29) is 37.8 Å². The second-order valence-corrected chi connectivity index (χ2v) is 6.52. The molecule has 146 valence electrons. The molecule has 0 unspecified atom stereocenters. The van der Waals surface area contributed by atoms with E-state index in [4.69, 9.17) is 0 Å². The second kappa shape index (κ2) is 7.16. The van der Waals surface area contributed by atoms with E-state index >= 15 is 0 Å². The highest BCUT2D eigenvalue weighted by Gasteiger charge is 2.39. The zero-order valence-electron chi connectivity index (χ0n) is 15.3. The average Bonchev–Trinajstić information content (AvgIpc) is 3.14. The smallest absolute Gasteiger partial charge is 0.333 e. The Hall–Kier alpha value is -2.65. The zero-order chi connectivity index (χ0) is 19.8. The van der Waals surface area contributed by atoms with Gasteiger partial charge in [0.15, 0.2) is 5.82 Å². The number of nitrogens with zero attached hydrogens (tertiary/aromatic N) is 6. The fourth-order valence-electron chi connectivity index (χ4n) is 3.37. The molecule has 1 aliphatic rings. The molecule has 1 amide bonds. The lowest BCUT2D eigenvalue weighted by Gasteiger charge is -2.28. The Morgan fingerprint density at radius 2 is 2.00 bits per heavy atom. The van der Waals surface area contributed by atoms with E-state index < -0.39 is 12.0 Å². The quantitative estimate of drug-likeness (QED) is 0.744. The van der Waals surface area contributed by atoms with E-state index in [1.807, 2.05) is 18.5 Å². The molecule has 2 aromatic heterocycles. The van der Waals surface area contributed by atoms with E-state index in [0.717, 1.165) is 21.5 Å². The van der Waals surface area contributed by atoms with Crippen LogP contribution in [0.5, 0.6) is 0 Å². The molecule has 3 rings (SSSR count). The lowest BCUT2D eigenvalue weighted by atomic mass is 10.1. The first-order valence-corrected chi connectivity index (χ1v) is 8.63. The number of hydrogen-bond acceptors (Lipinski definition) is 4. The predicted octanol–water partition coefficient (Wildman–Crippen LogP) is 2.27. The summed E-state index contributed by atoms with van der Waals surface area (Å²) in [6, 6.07) is 0. The van der Waals surface area contributed by atoms with Crippen LogP contribution in [0.2, 0.25) is 0 Å². The largest absolute Gasteiger partial charge is 0.451 e. The monoisotopic (exact) mass is 382 g/mol. The van der Waals surface area contributed by atoms with Crippen molar-refractivity contribution in [1.82, 2.24) is 29.4 Å². The van der Waals surface area contributed by atoms with Gasteiger partial charge in [-0.25, -0.2) is 0 Å². The highest BCUT2D eigenvalue weighted by molar-refractivity contribution is 5.76. The Balaban J connectivity index is 1.65. The van der Waals surface area contributed by atoms with Crippen LogP contribution >= 0.6 is 0 Å². The molecule has 1 aliphatic heterocycles. The molecule has 0 fully saturated rings. The minimum absolute atomic E-state index is 0.0373. The summed E-state index contributed by atoms with van der Waals surface area (Å²) in [5, 5.41) is 11.3. The predicted molar refractivity (Wildman–Crippen MR) is 90.7 cm³/mol. The normalized spacial score (nSPS) is 14.3. The SMILES string of the molecule is C=CCn1nc(C)c(CCC(=O)N2CCn3c(nnc3C(F)(F)F)C2)c1C. The maximum absolute atomic E-state index is 12.9. The van der Waals surface area contributed by atoms with Crippen LogP contribution in [0.3, 0.4) is 0 Å². The summed E-state index contributed by atoms with van der Waals surface area (Å²) < 4.78 is 41.5. The van der Waals surface area contributed by atoms with Crippen molar-refractivity contribution in [2.24, 2.45) is 0 Å². The Bertz CT molecular complexity index is 867. The van der Waals surface area contributed by atoms with Crippen LogP contribution < -0.4 is 0 Å². The van der Waals surface area contributed by atoms with Gasteiger partial charge >= 0.3 is 6.18 Å². The van der Waals surface area contributed by atoms with Gasteiger partial charge in [-0.1, -0.05) is 6.08 Å². The van der Waals surface area contributed by atoms with Gasteiger partial charge < -0.3 is 9.47 Å². The zero-order valence-corrected chi connectivity index (χ0v) is 15.3.